The molecule has 1 heterocycles. The Morgan fingerprint density at radius 2 is 1.96 bits per heavy atom. The van der Waals surface area contributed by atoms with E-state index < -0.39 is 5.41 Å². The summed E-state index contributed by atoms with van der Waals surface area (Å²) in [6, 6.07) is 7.13. The molecule has 1 aromatic carbocycles. The molecule has 2 aromatic rings. The number of carbonyl (C=O) groups is 1. The third-order valence-corrected chi connectivity index (χ3v) is 4.45. The molecule has 0 saturated carbocycles. The van der Waals surface area contributed by atoms with Crippen molar-refractivity contribution in [3.05, 3.63) is 35.2 Å². The second-order valence-corrected chi connectivity index (χ2v) is 5.83. The van der Waals surface area contributed by atoms with Crippen molar-refractivity contribution in [2.75, 3.05) is 6.54 Å². The number of carbonyl (C=O) groups excluding carboxylic acids is 1. The summed E-state index contributed by atoms with van der Waals surface area (Å²) < 4.78 is 5.17. The van der Waals surface area contributed by atoms with Gasteiger partial charge in [-0.1, -0.05) is 30.6 Å². The summed E-state index contributed by atoms with van der Waals surface area (Å²) in [7, 11) is 0. The van der Waals surface area contributed by atoms with Crippen molar-refractivity contribution in [3.63, 3.8) is 0 Å². The lowest BCUT2D eigenvalue weighted by Gasteiger charge is -2.28. The van der Waals surface area contributed by atoms with E-state index in [2.05, 4.69) is 15.5 Å². The topological polar surface area (TPSA) is 94.0 Å². The number of hydrogen-bond acceptors (Lipinski definition) is 5. The lowest BCUT2D eigenvalue weighted by atomic mass is 9.81. The molecule has 0 aliphatic heterocycles. The van der Waals surface area contributed by atoms with Crippen LogP contribution in [0.2, 0.25) is 5.02 Å². The summed E-state index contributed by atoms with van der Waals surface area (Å²) in [6.07, 6.45) is 1.37. The molecule has 0 fully saturated rings. The molecule has 0 aliphatic rings. The van der Waals surface area contributed by atoms with Crippen LogP contribution in [0.3, 0.4) is 0 Å². The first-order valence-electron chi connectivity index (χ1n) is 7.61. The quantitative estimate of drug-likeness (QED) is 0.810. The van der Waals surface area contributed by atoms with E-state index in [1.165, 1.54) is 0 Å². The highest BCUT2D eigenvalue weighted by Crippen LogP contribution is 2.25. The Morgan fingerprint density at radius 3 is 2.52 bits per heavy atom. The Balaban J connectivity index is 2.02. The Labute approximate surface area is 140 Å². The molecule has 1 aromatic heterocycles. The highest BCUT2D eigenvalue weighted by atomic mass is 35.5. The van der Waals surface area contributed by atoms with Gasteiger partial charge in [0, 0.05) is 17.1 Å². The number of nitrogens with two attached hydrogens (primary N) is 1. The number of nitrogens with one attached hydrogen (secondary N) is 1. The number of halogens is 1. The van der Waals surface area contributed by atoms with E-state index in [4.69, 9.17) is 21.9 Å². The van der Waals surface area contributed by atoms with Gasteiger partial charge in [0.25, 0.3) is 0 Å². The van der Waals surface area contributed by atoms with E-state index in [0.29, 0.717) is 36.1 Å². The number of nitrogens with zero attached hydrogens (tertiary/aromatic N) is 2. The first-order valence-corrected chi connectivity index (χ1v) is 7.99. The van der Waals surface area contributed by atoms with Gasteiger partial charge in [-0.15, -0.1) is 0 Å². The maximum absolute atomic E-state index is 12.4. The van der Waals surface area contributed by atoms with E-state index in [-0.39, 0.29) is 12.5 Å². The van der Waals surface area contributed by atoms with Gasteiger partial charge in [0.05, 0.1) is 12.0 Å². The predicted octanol–water partition coefficient (Wildman–Crippen LogP) is 2.77. The highest BCUT2D eigenvalue weighted by molar-refractivity contribution is 6.30. The van der Waals surface area contributed by atoms with Crippen molar-refractivity contribution in [2.45, 2.75) is 33.2 Å². The zero-order valence-corrected chi connectivity index (χ0v) is 14.1. The molecule has 0 unspecified atom stereocenters. The Kier molecular flexibility index (Phi) is 5.74. The number of rotatable bonds is 7. The third-order valence-electron chi connectivity index (χ3n) is 4.20. The molecule has 0 atom stereocenters. The van der Waals surface area contributed by atoms with E-state index in [1.54, 1.807) is 12.1 Å². The van der Waals surface area contributed by atoms with Crippen LogP contribution < -0.4 is 11.1 Å². The molecule has 0 radical (unpaired) electrons. The van der Waals surface area contributed by atoms with Gasteiger partial charge in [0.1, 0.15) is 0 Å². The zero-order chi connectivity index (χ0) is 16.9. The van der Waals surface area contributed by atoms with Gasteiger partial charge >= 0.3 is 0 Å². The number of hydrogen-bond donors (Lipinski definition) is 2. The number of benzene rings is 1. The summed E-state index contributed by atoms with van der Waals surface area (Å²) in [5.74, 6) is 0.722. The molecule has 0 spiro atoms. The molecule has 1 amide bonds. The van der Waals surface area contributed by atoms with Gasteiger partial charge in [-0.25, -0.2) is 0 Å². The summed E-state index contributed by atoms with van der Waals surface area (Å²) in [6.45, 7) is 4.41. The summed E-state index contributed by atoms with van der Waals surface area (Å²) in [5, 5.41) is 7.38. The van der Waals surface area contributed by atoms with Crippen molar-refractivity contribution in [1.82, 2.24) is 15.5 Å². The lowest BCUT2D eigenvalue weighted by molar-refractivity contribution is -0.131. The Morgan fingerprint density at radius 1 is 1.30 bits per heavy atom. The molecular weight excluding hydrogens is 316 g/mol. The Bertz CT molecular complexity index is 642. The minimum Gasteiger partial charge on any atom is -0.346 e. The Hall–Kier alpha value is -1.92. The number of amides is 1. The highest BCUT2D eigenvalue weighted by Gasteiger charge is 2.33. The molecule has 6 nitrogen and oxygen atoms in total. The van der Waals surface area contributed by atoms with Crippen LogP contribution in [0.15, 0.2) is 28.8 Å². The molecular formula is C16H21ClN4O2. The first-order chi connectivity index (χ1) is 11.0. The van der Waals surface area contributed by atoms with Gasteiger partial charge in [-0.3, -0.25) is 4.79 Å². The maximum atomic E-state index is 12.4. The molecule has 0 saturated heterocycles. The SMILES string of the molecule is CCC(CC)(CN)C(=O)NCc1nc(-c2ccc(Cl)cc2)no1. The monoisotopic (exact) mass is 336 g/mol. The first kappa shape index (κ1) is 17.4. The van der Waals surface area contributed by atoms with Crippen LogP contribution in [0.5, 0.6) is 0 Å². The van der Waals surface area contributed by atoms with E-state index >= 15 is 0 Å². The van der Waals surface area contributed by atoms with Gasteiger partial charge < -0.3 is 15.6 Å². The second kappa shape index (κ2) is 7.57. The van der Waals surface area contributed by atoms with Crippen LogP contribution >= 0.6 is 11.6 Å². The minimum atomic E-state index is -0.543. The van der Waals surface area contributed by atoms with E-state index in [0.717, 1.165) is 5.56 Å². The predicted molar refractivity (Wildman–Crippen MR) is 88.7 cm³/mol. The van der Waals surface area contributed by atoms with Gasteiger partial charge in [0.2, 0.25) is 17.6 Å². The van der Waals surface area contributed by atoms with E-state index in [9.17, 15) is 4.79 Å². The summed E-state index contributed by atoms with van der Waals surface area (Å²) in [4.78, 5) is 16.6. The van der Waals surface area contributed by atoms with Crippen LogP contribution in [0.1, 0.15) is 32.6 Å². The van der Waals surface area contributed by atoms with Crippen LogP contribution in [0, 0.1) is 5.41 Å². The minimum absolute atomic E-state index is 0.0868. The normalized spacial score (nSPS) is 11.5. The van der Waals surface area contributed by atoms with Crippen molar-refractivity contribution in [3.8, 4) is 11.4 Å². The lowest BCUT2D eigenvalue weighted by Crippen LogP contribution is -2.45. The third kappa shape index (κ3) is 3.89. The van der Waals surface area contributed by atoms with Gasteiger partial charge in [-0.2, -0.15) is 4.98 Å². The molecule has 124 valence electrons. The van der Waals surface area contributed by atoms with Crippen molar-refractivity contribution >= 4 is 17.5 Å². The largest absolute Gasteiger partial charge is 0.346 e. The summed E-state index contributed by atoms with van der Waals surface area (Å²) >= 11 is 5.85. The molecule has 0 bridgehead atoms. The van der Waals surface area contributed by atoms with Crippen molar-refractivity contribution < 1.29 is 9.32 Å². The van der Waals surface area contributed by atoms with Crippen molar-refractivity contribution in [2.24, 2.45) is 11.1 Å². The number of aromatic nitrogens is 2. The van der Waals surface area contributed by atoms with Crippen molar-refractivity contribution in [1.29, 1.82) is 0 Å². The fourth-order valence-corrected chi connectivity index (χ4v) is 2.46. The van der Waals surface area contributed by atoms with Crippen LogP contribution in [-0.4, -0.2) is 22.6 Å². The molecule has 3 N–H and O–H groups in total. The molecule has 23 heavy (non-hydrogen) atoms. The van der Waals surface area contributed by atoms with Gasteiger partial charge in [0.15, 0.2) is 0 Å². The van der Waals surface area contributed by atoms with Crippen LogP contribution in [-0.2, 0) is 11.3 Å². The molecule has 0 aliphatic carbocycles. The average molecular weight is 337 g/mol. The second-order valence-electron chi connectivity index (χ2n) is 5.39. The standard InChI is InChI=1S/C16H21ClN4O2/c1-3-16(4-2,10-18)15(22)19-9-13-20-14(21-23-13)11-5-7-12(17)8-6-11/h5-8H,3-4,9-10,18H2,1-2H3,(H,19,22). The fourth-order valence-electron chi connectivity index (χ4n) is 2.34. The van der Waals surface area contributed by atoms with E-state index in [1.807, 2.05) is 26.0 Å². The fraction of sp³-hybridized carbons (Fsp3) is 0.438. The molecule has 7 heteroatoms. The smallest absolute Gasteiger partial charge is 0.246 e. The van der Waals surface area contributed by atoms with Crippen LogP contribution in [0.25, 0.3) is 11.4 Å². The summed E-state index contributed by atoms with van der Waals surface area (Å²) in [5.41, 5.74) is 6.03. The van der Waals surface area contributed by atoms with Crippen LogP contribution in [0.4, 0.5) is 0 Å². The van der Waals surface area contributed by atoms with Gasteiger partial charge in [-0.05, 0) is 37.1 Å². The molecule has 2 rings (SSSR count). The average Bonchev–Trinajstić information content (AvgIpc) is 3.04. The maximum Gasteiger partial charge on any atom is 0.246 e. The zero-order valence-electron chi connectivity index (χ0n) is 13.3.